The van der Waals surface area contributed by atoms with Crippen LogP contribution < -0.4 is 4.13 Å². The minimum atomic E-state index is 0.312. The zero-order valence-electron chi connectivity index (χ0n) is 4.73. The Morgan fingerprint density at radius 1 is 1.60 bits per heavy atom. The van der Waals surface area contributed by atoms with Gasteiger partial charge in [-0.2, -0.15) is 0 Å². The Bertz CT molecular complexity index is 32.9. The molecule has 0 aromatic carbocycles. The van der Waals surface area contributed by atoms with E-state index in [0.29, 0.717) is 12.5 Å². The number of nitrogens with one attached hydrogen (secondary N) is 1. The van der Waals surface area contributed by atoms with Crippen LogP contribution in [0.1, 0.15) is 2.74 Å². The minimum Gasteiger partial charge on any atom is -0.208 e. The van der Waals surface area contributed by atoms with E-state index in [-0.39, 0.29) is 0 Å². The van der Waals surface area contributed by atoms with E-state index in [4.69, 9.17) is 2.74 Å². The standard InChI is InChI=1S/C2H7NS2/c1-4-3-5-2/h3H,1-2H3/i1T,2T. The lowest BCUT2D eigenvalue weighted by molar-refractivity contribution is 1.76. The van der Waals surface area contributed by atoms with Crippen LogP contribution in [0.4, 0.5) is 0 Å². The van der Waals surface area contributed by atoms with Gasteiger partial charge in [-0.05, 0) is 12.5 Å². The molecule has 3 heteroatoms. The molecule has 0 heterocycles. The molecule has 5 heavy (non-hydrogen) atoms. The summed E-state index contributed by atoms with van der Waals surface area (Å²) in [6, 6.07) is 0. The van der Waals surface area contributed by atoms with E-state index in [0.717, 1.165) is 0 Å². The fraction of sp³-hybridized carbons (Fsp3) is 1.00. The summed E-state index contributed by atoms with van der Waals surface area (Å²) >= 11 is 2.58. The second-order valence-electron chi connectivity index (χ2n) is 0.372. The predicted octanol–water partition coefficient (Wildman–Crippen LogP) is 1.13. The first-order valence-corrected chi connectivity index (χ1v) is 2.96. The van der Waals surface area contributed by atoms with E-state index >= 15 is 0 Å². The van der Waals surface area contributed by atoms with Crippen molar-refractivity contribution in [3.05, 3.63) is 0 Å². The van der Waals surface area contributed by atoms with Crippen molar-refractivity contribution < 1.29 is 2.74 Å². The van der Waals surface area contributed by atoms with Gasteiger partial charge in [0, 0.05) is 2.74 Å². The smallest absolute Gasteiger partial charge is 0.0358 e. The molecule has 0 aromatic heterocycles. The summed E-state index contributed by atoms with van der Waals surface area (Å²) in [5.74, 6) is 0. The fourth-order valence-corrected chi connectivity index (χ4v) is 0.375. The Morgan fingerprint density at radius 2 is 2.20 bits per heavy atom. The third-order valence-corrected chi connectivity index (χ3v) is 1.06. The largest absolute Gasteiger partial charge is 0.208 e. The maximum atomic E-state index is 6.61. The first kappa shape index (κ1) is 2.77. The molecule has 0 aromatic rings. The SMILES string of the molecule is [3H]CSNSC[3H]. The first-order chi connectivity index (χ1) is 3.41. The molecule has 0 atom stereocenters. The van der Waals surface area contributed by atoms with Crippen molar-refractivity contribution in [2.24, 2.45) is 0 Å². The number of rotatable bonds is 2. The summed E-state index contributed by atoms with van der Waals surface area (Å²) < 4.78 is 16.0. The van der Waals surface area contributed by atoms with E-state index in [2.05, 4.69) is 4.13 Å². The summed E-state index contributed by atoms with van der Waals surface area (Å²) in [4.78, 5) is 0. The zero-order chi connectivity index (χ0) is 5.54. The molecule has 0 saturated carbocycles. The minimum absolute atomic E-state index is 0.312. The Labute approximate surface area is 44.0 Å². The lowest BCUT2D eigenvalue weighted by atomic mass is 12.0. The summed E-state index contributed by atoms with van der Waals surface area (Å²) in [6.45, 7) is 0. The van der Waals surface area contributed by atoms with Gasteiger partial charge < -0.3 is 0 Å². The van der Waals surface area contributed by atoms with E-state index in [1.165, 1.54) is 23.9 Å². The summed E-state index contributed by atoms with van der Waals surface area (Å²) in [5.41, 5.74) is 0. The molecule has 32 valence electrons. The summed E-state index contributed by atoms with van der Waals surface area (Å²) in [7, 11) is 0. The topological polar surface area (TPSA) is 12.0 Å². The second-order valence-corrected chi connectivity index (χ2v) is 1.62. The molecule has 0 amide bonds. The third kappa shape index (κ3) is 4.66. The molecule has 0 unspecified atom stereocenters. The van der Waals surface area contributed by atoms with Crippen molar-refractivity contribution in [3.8, 4) is 0 Å². The summed E-state index contributed by atoms with van der Waals surface area (Å²) in [6.07, 6.45) is 0.625. The Hall–Kier alpha value is 0.660. The van der Waals surface area contributed by atoms with Crippen molar-refractivity contribution in [2.75, 3.05) is 12.5 Å². The predicted molar refractivity (Wildman–Crippen MR) is 30.2 cm³/mol. The molecule has 0 aliphatic carbocycles. The van der Waals surface area contributed by atoms with Gasteiger partial charge in [0.15, 0.2) is 0 Å². The molecule has 1 N–H and O–H groups in total. The molecular formula is C2H7NS2. The normalized spacial score (nSPS) is 13.6. The highest BCUT2D eigenvalue weighted by atomic mass is 32.2. The van der Waals surface area contributed by atoms with E-state index in [1.54, 1.807) is 0 Å². The lowest BCUT2D eigenvalue weighted by Gasteiger charge is -1.84. The molecule has 0 rings (SSSR count). The summed E-state index contributed by atoms with van der Waals surface area (Å²) in [5, 5.41) is 0. The lowest BCUT2D eigenvalue weighted by Crippen LogP contribution is -1.80. The van der Waals surface area contributed by atoms with Gasteiger partial charge in [-0.25, -0.2) is 4.13 Å². The Morgan fingerprint density at radius 3 is 2.60 bits per heavy atom. The molecular weight excluding hydrogens is 102 g/mol. The Kier molecular flexibility index (Phi) is 2.58. The van der Waals surface area contributed by atoms with Gasteiger partial charge in [-0.15, -0.1) is 0 Å². The highest BCUT2D eigenvalue weighted by molar-refractivity contribution is 8.12. The molecule has 0 aliphatic heterocycles. The molecule has 0 bridgehead atoms. The van der Waals surface area contributed by atoms with Crippen molar-refractivity contribution in [1.29, 1.82) is 0 Å². The fourth-order valence-electron chi connectivity index (χ4n) is 0.0417. The van der Waals surface area contributed by atoms with Crippen LogP contribution in [0.5, 0.6) is 0 Å². The van der Waals surface area contributed by atoms with Gasteiger partial charge in [0.2, 0.25) is 0 Å². The quantitative estimate of drug-likeness (QED) is 0.426. The molecule has 0 spiro atoms. The van der Waals surface area contributed by atoms with Crippen LogP contribution in [0.3, 0.4) is 0 Å². The van der Waals surface area contributed by atoms with Crippen LogP contribution in [0.25, 0.3) is 0 Å². The van der Waals surface area contributed by atoms with Crippen LogP contribution in [0.2, 0.25) is 0 Å². The highest BCUT2D eigenvalue weighted by Gasteiger charge is 1.63. The van der Waals surface area contributed by atoms with Crippen LogP contribution >= 0.6 is 23.9 Å². The van der Waals surface area contributed by atoms with Gasteiger partial charge in [0.25, 0.3) is 0 Å². The van der Waals surface area contributed by atoms with Crippen molar-refractivity contribution in [1.82, 2.24) is 4.13 Å². The average Bonchev–Trinajstić information content (AvgIpc) is 1.69. The number of hydrogen-bond acceptors (Lipinski definition) is 3. The van der Waals surface area contributed by atoms with Crippen molar-refractivity contribution in [3.63, 3.8) is 0 Å². The molecule has 1 nitrogen and oxygen atoms in total. The highest BCUT2D eigenvalue weighted by Crippen LogP contribution is 1.90. The Balaban J connectivity index is 2.45. The van der Waals surface area contributed by atoms with Gasteiger partial charge in [-0.1, -0.05) is 23.9 Å². The third-order valence-electron chi connectivity index (χ3n) is 0.118. The molecule has 0 fully saturated rings. The van der Waals surface area contributed by atoms with E-state index in [9.17, 15) is 0 Å². The van der Waals surface area contributed by atoms with Crippen LogP contribution in [-0.2, 0) is 0 Å². The first-order valence-electron chi connectivity index (χ1n) is 2.40. The van der Waals surface area contributed by atoms with Crippen molar-refractivity contribution >= 4 is 23.9 Å². The van der Waals surface area contributed by atoms with Gasteiger partial charge in [-0.3, -0.25) is 0 Å². The maximum Gasteiger partial charge on any atom is 0.0358 e. The van der Waals surface area contributed by atoms with Crippen LogP contribution in [0, 0.1) is 0 Å². The number of hydrogen-bond donors (Lipinski definition) is 1. The maximum absolute atomic E-state index is 6.61. The molecule has 0 aliphatic rings. The van der Waals surface area contributed by atoms with Gasteiger partial charge >= 0.3 is 0 Å². The van der Waals surface area contributed by atoms with Crippen molar-refractivity contribution in [2.45, 2.75) is 0 Å². The zero-order valence-corrected chi connectivity index (χ0v) is 4.36. The van der Waals surface area contributed by atoms with Gasteiger partial charge in [0.1, 0.15) is 0 Å². The van der Waals surface area contributed by atoms with E-state index < -0.39 is 0 Å². The van der Waals surface area contributed by atoms with Crippen LogP contribution in [0.15, 0.2) is 0 Å². The molecule has 0 radical (unpaired) electrons. The van der Waals surface area contributed by atoms with Gasteiger partial charge in [0.05, 0.1) is 0 Å². The monoisotopic (exact) mass is 113 g/mol. The molecule has 0 saturated heterocycles. The van der Waals surface area contributed by atoms with E-state index in [1.807, 2.05) is 0 Å². The average molecular weight is 113 g/mol. The second kappa shape index (κ2) is 4.66. The van der Waals surface area contributed by atoms with Crippen LogP contribution in [-0.4, -0.2) is 12.5 Å².